The first-order chi connectivity index (χ1) is 10.2. The van der Waals surface area contributed by atoms with Gasteiger partial charge in [0.2, 0.25) is 10.6 Å². The number of nitrogens with zero attached hydrogens (tertiary/aromatic N) is 4. The number of tetrazole rings is 1. The highest BCUT2D eigenvalue weighted by Gasteiger charge is 2.10. The summed E-state index contributed by atoms with van der Waals surface area (Å²) < 4.78 is 6.83. The maximum absolute atomic E-state index is 11.3. The molecule has 9 heteroatoms. The van der Waals surface area contributed by atoms with Crippen LogP contribution >= 0.6 is 23.1 Å². The molecule has 3 rings (SSSR count). The second-order valence-electron chi connectivity index (χ2n) is 4.08. The molecule has 21 heavy (non-hydrogen) atoms. The van der Waals surface area contributed by atoms with E-state index in [2.05, 4.69) is 15.5 Å². The summed E-state index contributed by atoms with van der Waals surface area (Å²) in [5, 5.41) is 23.3. The molecule has 7 nitrogen and oxygen atoms in total. The van der Waals surface area contributed by atoms with Gasteiger partial charge in [0.15, 0.2) is 5.75 Å². The third kappa shape index (κ3) is 3.31. The quantitative estimate of drug-likeness (QED) is 0.715. The number of thioether (sulfide) groups is 1. The maximum atomic E-state index is 11.3. The molecule has 0 saturated carbocycles. The van der Waals surface area contributed by atoms with Gasteiger partial charge in [0, 0.05) is 10.9 Å². The fourth-order valence-corrected chi connectivity index (χ4v) is 3.06. The van der Waals surface area contributed by atoms with Crippen LogP contribution in [-0.2, 0) is 12.3 Å². The highest BCUT2D eigenvalue weighted by Crippen LogP contribution is 2.21. The summed E-state index contributed by atoms with van der Waals surface area (Å²) in [5.41, 5.74) is -0.463. The van der Waals surface area contributed by atoms with Crippen molar-refractivity contribution < 1.29 is 9.52 Å². The van der Waals surface area contributed by atoms with Crippen LogP contribution in [0.2, 0.25) is 0 Å². The average molecular weight is 322 g/mol. The van der Waals surface area contributed by atoms with Gasteiger partial charge >= 0.3 is 0 Å². The second-order valence-corrected chi connectivity index (χ2v) is 6.06. The predicted octanol–water partition coefficient (Wildman–Crippen LogP) is 1.73. The Labute approximate surface area is 127 Å². The van der Waals surface area contributed by atoms with E-state index < -0.39 is 11.2 Å². The Morgan fingerprint density at radius 2 is 2.38 bits per heavy atom. The maximum Gasteiger partial charge on any atom is 0.226 e. The van der Waals surface area contributed by atoms with Crippen molar-refractivity contribution in [2.45, 2.75) is 17.5 Å². The summed E-state index contributed by atoms with van der Waals surface area (Å²) in [4.78, 5) is 12.5. The fourth-order valence-electron chi connectivity index (χ4n) is 1.60. The monoisotopic (exact) mass is 322 g/mol. The lowest BCUT2D eigenvalue weighted by atomic mass is 10.4. The lowest BCUT2D eigenvalue weighted by Crippen LogP contribution is -2.03. The minimum atomic E-state index is -0.463. The molecule has 0 aliphatic rings. The number of hydrogen-bond donors (Lipinski definition) is 1. The number of aromatic nitrogens is 4. The number of thiophene rings is 1. The summed E-state index contributed by atoms with van der Waals surface area (Å²) in [5.74, 6) is 0.458. The molecule has 0 atom stereocenters. The molecule has 0 unspecified atom stereocenters. The topological polar surface area (TPSA) is 94.0 Å². The minimum absolute atomic E-state index is 0.397. The van der Waals surface area contributed by atoms with E-state index >= 15 is 0 Å². The highest BCUT2D eigenvalue weighted by molar-refractivity contribution is 7.98. The molecule has 0 radical (unpaired) electrons. The number of rotatable bonds is 5. The standard InChI is InChI=1S/C12H10N4O3S2/c17-10-4-8(19-6-11(10)18)7-21-12-13-14-15-16(12)5-9-2-1-3-20-9/h1-4,6,18H,5,7H2. The van der Waals surface area contributed by atoms with Crippen molar-refractivity contribution in [3.05, 3.63) is 50.7 Å². The van der Waals surface area contributed by atoms with Crippen LogP contribution in [0.25, 0.3) is 0 Å². The van der Waals surface area contributed by atoms with Gasteiger partial charge in [-0.2, -0.15) is 0 Å². The van der Waals surface area contributed by atoms with Crippen molar-refractivity contribution in [2.24, 2.45) is 0 Å². The van der Waals surface area contributed by atoms with E-state index in [0.717, 1.165) is 11.1 Å². The Kier molecular flexibility index (Phi) is 4.02. The van der Waals surface area contributed by atoms with Crippen molar-refractivity contribution in [3.8, 4) is 5.75 Å². The molecule has 3 aromatic rings. The zero-order valence-electron chi connectivity index (χ0n) is 10.7. The van der Waals surface area contributed by atoms with Crippen LogP contribution in [0.1, 0.15) is 10.6 Å². The van der Waals surface area contributed by atoms with E-state index in [1.54, 1.807) is 16.0 Å². The summed E-state index contributed by atoms with van der Waals surface area (Å²) >= 11 is 3.00. The van der Waals surface area contributed by atoms with Crippen molar-refractivity contribution in [1.82, 2.24) is 20.2 Å². The van der Waals surface area contributed by atoms with Crippen LogP contribution in [0.5, 0.6) is 5.75 Å². The van der Waals surface area contributed by atoms with Crippen LogP contribution in [0.3, 0.4) is 0 Å². The minimum Gasteiger partial charge on any atom is -0.502 e. The summed E-state index contributed by atoms with van der Waals surface area (Å²) in [6, 6.07) is 5.25. The zero-order valence-corrected chi connectivity index (χ0v) is 12.3. The molecule has 0 fully saturated rings. The molecule has 0 aromatic carbocycles. The van der Waals surface area contributed by atoms with E-state index in [4.69, 9.17) is 9.52 Å². The van der Waals surface area contributed by atoms with Crippen LogP contribution < -0.4 is 5.43 Å². The molecular weight excluding hydrogens is 312 g/mol. The molecule has 0 spiro atoms. The molecule has 3 aromatic heterocycles. The van der Waals surface area contributed by atoms with Gasteiger partial charge in [0.05, 0.1) is 12.3 Å². The molecule has 0 aliphatic carbocycles. The Morgan fingerprint density at radius 3 is 3.14 bits per heavy atom. The molecule has 3 heterocycles. The van der Waals surface area contributed by atoms with E-state index in [1.165, 1.54) is 17.8 Å². The van der Waals surface area contributed by atoms with E-state index in [0.29, 0.717) is 23.2 Å². The fraction of sp³-hybridized carbons (Fsp3) is 0.167. The van der Waals surface area contributed by atoms with Crippen LogP contribution in [0.15, 0.2) is 44.2 Å². The van der Waals surface area contributed by atoms with E-state index in [9.17, 15) is 4.79 Å². The van der Waals surface area contributed by atoms with Crippen molar-refractivity contribution >= 4 is 23.1 Å². The largest absolute Gasteiger partial charge is 0.502 e. The van der Waals surface area contributed by atoms with E-state index in [-0.39, 0.29) is 0 Å². The van der Waals surface area contributed by atoms with Crippen LogP contribution in [0.4, 0.5) is 0 Å². The molecule has 1 N–H and O–H groups in total. The van der Waals surface area contributed by atoms with Crippen molar-refractivity contribution in [1.29, 1.82) is 0 Å². The Hall–Kier alpha value is -2.13. The van der Waals surface area contributed by atoms with Gasteiger partial charge in [-0.05, 0) is 21.9 Å². The van der Waals surface area contributed by atoms with Gasteiger partial charge in [-0.25, -0.2) is 4.68 Å². The Morgan fingerprint density at radius 1 is 1.48 bits per heavy atom. The van der Waals surface area contributed by atoms with Crippen LogP contribution in [0, 0.1) is 0 Å². The van der Waals surface area contributed by atoms with Gasteiger partial charge in [-0.3, -0.25) is 4.79 Å². The third-order valence-corrected chi connectivity index (χ3v) is 4.44. The SMILES string of the molecule is O=c1cc(CSc2nnnn2Cc2cccs2)occ1O. The van der Waals surface area contributed by atoms with E-state index in [1.807, 2.05) is 17.5 Å². The lowest BCUT2D eigenvalue weighted by Gasteiger charge is -2.02. The smallest absolute Gasteiger partial charge is 0.226 e. The number of aromatic hydroxyl groups is 1. The first kappa shape index (κ1) is 13.8. The molecule has 108 valence electrons. The lowest BCUT2D eigenvalue weighted by molar-refractivity contribution is 0.419. The number of hydrogen-bond acceptors (Lipinski definition) is 8. The molecule has 0 saturated heterocycles. The third-order valence-electron chi connectivity index (χ3n) is 2.59. The first-order valence-corrected chi connectivity index (χ1v) is 7.81. The van der Waals surface area contributed by atoms with Gasteiger partial charge in [0.1, 0.15) is 12.0 Å². The van der Waals surface area contributed by atoms with Gasteiger partial charge in [0.25, 0.3) is 0 Å². The summed E-state index contributed by atoms with van der Waals surface area (Å²) in [6.07, 6.45) is 1.03. The first-order valence-electron chi connectivity index (χ1n) is 5.94. The highest BCUT2D eigenvalue weighted by atomic mass is 32.2. The van der Waals surface area contributed by atoms with Gasteiger partial charge < -0.3 is 9.52 Å². The van der Waals surface area contributed by atoms with Crippen LogP contribution in [-0.4, -0.2) is 25.3 Å². The molecule has 0 aliphatic heterocycles. The normalized spacial score (nSPS) is 10.9. The van der Waals surface area contributed by atoms with Gasteiger partial charge in [-0.1, -0.05) is 17.8 Å². The molecule has 0 bridgehead atoms. The average Bonchev–Trinajstić information content (AvgIpc) is 3.13. The Balaban J connectivity index is 1.69. The van der Waals surface area contributed by atoms with Gasteiger partial charge in [-0.15, -0.1) is 16.4 Å². The summed E-state index contributed by atoms with van der Waals surface area (Å²) in [7, 11) is 0. The van der Waals surface area contributed by atoms with Crippen molar-refractivity contribution in [3.63, 3.8) is 0 Å². The summed E-state index contributed by atoms with van der Waals surface area (Å²) in [6.45, 7) is 0.604. The molecular formula is C12H10N4O3S2. The Bertz CT molecular complexity index is 782. The predicted molar refractivity (Wildman–Crippen MR) is 77.4 cm³/mol. The zero-order chi connectivity index (χ0) is 14.7. The second kappa shape index (κ2) is 6.10. The van der Waals surface area contributed by atoms with Crippen molar-refractivity contribution in [2.75, 3.05) is 0 Å². The molecule has 0 amide bonds.